The molecule has 0 aromatic heterocycles. The van der Waals surface area contributed by atoms with E-state index < -0.39 is 5.92 Å². The number of Topliss-reactive ketones (excluding diaryl/α,β-unsaturated/α-hetero) is 1. The van der Waals surface area contributed by atoms with Crippen molar-refractivity contribution in [1.29, 1.82) is 0 Å². The van der Waals surface area contributed by atoms with Crippen LogP contribution < -0.4 is 0 Å². The summed E-state index contributed by atoms with van der Waals surface area (Å²) in [7, 11) is 1.35. The molecule has 3 nitrogen and oxygen atoms in total. The van der Waals surface area contributed by atoms with Crippen LogP contribution in [0.3, 0.4) is 0 Å². The monoisotopic (exact) mass is 198 g/mol. The summed E-state index contributed by atoms with van der Waals surface area (Å²) in [6, 6.07) is 0. The van der Waals surface area contributed by atoms with Gasteiger partial charge in [0.1, 0.15) is 11.7 Å². The zero-order valence-electron chi connectivity index (χ0n) is 9.13. The molecule has 1 rings (SSSR count). The van der Waals surface area contributed by atoms with Crippen molar-refractivity contribution in [3.63, 3.8) is 0 Å². The van der Waals surface area contributed by atoms with Gasteiger partial charge >= 0.3 is 5.97 Å². The van der Waals surface area contributed by atoms with E-state index >= 15 is 0 Å². The summed E-state index contributed by atoms with van der Waals surface area (Å²) in [5, 5.41) is 0. The number of ketones is 1. The Bertz CT molecular complexity index is 239. The van der Waals surface area contributed by atoms with Crippen LogP contribution >= 0.6 is 0 Å². The van der Waals surface area contributed by atoms with Gasteiger partial charge in [0.2, 0.25) is 0 Å². The van der Waals surface area contributed by atoms with Gasteiger partial charge in [-0.2, -0.15) is 0 Å². The van der Waals surface area contributed by atoms with E-state index in [0.717, 1.165) is 19.3 Å². The smallest absolute Gasteiger partial charge is 0.316 e. The summed E-state index contributed by atoms with van der Waals surface area (Å²) < 4.78 is 4.70. The molecule has 0 aliphatic heterocycles. The molecule has 0 N–H and O–H groups in total. The normalized spacial score (nSPS) is 32.8. The molecule has 0 bridgehead atoms. The Morgan fingerprint density at radius 1 is 1.64 bits per heavy atom. The summed E-state index contributed by atoms with van der Waals surface area (Å²) in [6.45, 7) is 4.03. The molecule has 0 aromatic rings. The molecule has 1 fully saturated rings. The van der Waals surface area contributed by atoms with E-state index in [-0.39, 0.29) is 17.2 Å². The summed E-state index contributed by atoms with van der Waals surface area (Å²) in [5.74, 6) is -0.849. The molecule has 14 heavy (non-hydrogen) atoms. The Hall–Kier alpha value is -0.860. The summed E-state index contributed by atoms with van der Waals surface area (Å²) in [5.41, 5.74) is -0.192. The molecule has 80 valence electrons. The zero-order chi connectivity index (χ0) is 10.8. The van der Waals surface area contributed by atoms with Gasteiger partial charge in [-0.1, -0.05) is 13.8 Å². The first-order chi connectivity index (χ1) is 6.55. The molecular weight excluding hydrogens is 180 g/mol. The van der Waals surface area contributed by atoms with Crippen LogP contribution in [0.5, 0.6) is 0 Å². The summed E-state index contributed by atoms with van der Waals surface area (Å²) >= 11 is 0. The number of hydrogen-bond donors (Lipinski definition) is 0. The van der Waals surface area contributed by atoms with Gasteiger partial charge in [-0.3, -0.25) is 9.59 Å². The molecule has 0 radical (unpaired) electrons. The molecule has 1 unspecified atom stereocenters. The van der Waals surface area contributed by atoms with Gasteiger partial charge in [0.15, 0.2) is 0 Å². The van der Waals surface area contributed by atoms with Gasteiger partial charge in [0.25, 0.3) is 0 Å². The lowest BCUT2D eigenvalue weighted by atomic mass is 9.65. The Morgan fingerprint density at radius 3 is 2.79 bits per heavy atom. The van der Waals surface area contributed by atoms with Crippen LogP contribution in [0, 0.1) is 11.3 Å². The Balaban J connectivity index is 2.92. The Labute approximate surface area is 84.8 Å². The second-order valence-electron chi connectivity index (χ2n) is 4.28. The minimum atomic E-state index is -0.536. The van der Waals surface area contributed by atoms with Gasteiger partial charge in [-0.25, -0.2) is 0 Å². The van der Waals surface area contributed by atoms with Gasteiger partial charge < -0.3 is 4.74 Å². The predicted octanol–water partition coefficient (Wildman–Crippen LogP) is 1.94. The number of esters is 1. The van der Waals surface area contributed by atoms with Crippen LogP contribution in [0.25, 0.3) is 0 Å². The number of carbonyl (C=O) groups excluding carboxylic acids is 2. The zero-order valence-corrected chi connectivity index (χ0v) is 9.13. The molecule has 0 saturated heterocycles. The first-order valence-corrected chi connectivity index (χ1v) is 5.15. The molecule has 0 spiro atoms. The standard InChI is InChI=1S/C11H18O3/c1-4-11(2)7-5-6-8(12)9(11)10(13)14-3/h9H,4-7H2,1-3H3/t9?,11-/m1/s1. The molecule has 2 atom stereocenters. The Morgan fingerprint density at radius 2 is 2.29 bits per heavy atom. The SMILES string of the molecule is CC[C@]1(C)CCCC(=O)C1C(=O)OC. The average molecular weight is 198 g/mol. The average Bonchev–Trinajstić information content (AvgIpc) is 2.17. The quantitative estimate of drug-likeness (QED) is 0.503. The number of hydrogen-bond acceptors (Lipinski definition) is 3. The fourth-order valence-electron chi connectivity index (χ4n) is 2.26. The molecule has 0 heterocycles. The minimum Gasteiger partial charge on any atom is -0.468 e. The van der Waals surface area contributed by atoms with Crippen molar-refractivity contribution in [3.05, 3.63) is 0 Å². The van der Waals surface area contributed by atoms with Crippen molar-refractivity contribution in [2.75, 3.05) is 7.11 Å². The van der Waals surface area contributed by atoms with E-state index in [1.807, 2.05) is 13.8 Å². The number of carbonyl (C=O) groups is 2. The van der Waals surface area contributed by atoms with E-state index in [2.05, 4.69) is 0 Å². The van der Waals surface area contributed by atoms with Gasteiger partial charge in [-0.05, 0) is 24.7 Å². The lowest BCUT2D eigenvalue weighted by Crippen LogP contribution is -2.42. The van der Waals surface area contributed by atoms with Crippen LogP contribution in [-0.4, -0.2) is 18.9 Å². The van der Waals surface area contributed by atoms with Crippen LogP contribution in [0.2, 0.25) is 0 Å². The number of methoxy groups -OCH3 is 1. The third-order valence-electron chi connectivity index (χ3n) is 3.43. The highest BCUT2D eigenvalue weighted by molar-refractivity contribution is 6.00. The first-order valence-electron chi connectivity index (χ1n) is 5.15. The van der Waals surface area contributed by atoms with Crippen LogP contribution in [-0.2, 0) is 14.3 Å². The second-order valence-corrected chi connectivity index (χ2v) is 4.28. The second kappa shape index (κ2) is 4.11. The number of rotatable bonds is 2. The lowest BCUT2D eigenvalue weighted by molar-refractivity contribution is -0.157. The van der Waals surface area contributed by atoms with Crippen molar-refractivity contribution in [2.24, 2.45) is 11.3 Å². The first kappa shape index (κ1) is 11.2. The fraction of sp³-hybridized carbons (Fsp3) is 0.818. The van der Waals surface area contributed by atoms with Crippen LogP contribution in [0.1, 0.15) is 39.5 Å². The third-order valence-corrected chi connectivity index (χ3v) is 3.43. The molecular formula is C11H18O3. The van der Waals surface area contributed by atoms with Crippen molar-refractivity contribution in [1.82, 2.24) is 0 Å². The van der Waals surface area contributed by atoms with Gasteiger partial charge in [-0.15, -0.1) is 0 Å². The van der Waals surface area contributed by atoms with Gasteiger partial charge in [0.05, 0.1) is 7.11 Å². The van der Waals surface area contributed by atoms with E-state index in [1.54, 1.807) is 0 Å². The van der Waals surface area contributed by atoms with Crippen LogP contribution in [0.4, 0.5) is 0 Å². The largest absolute Gasteiger partial charge is 0.468 e. The van der Waals surface area contributed by atoms with Crippen LogP contribution in [0.15, 0.2) is 0 Å². The highest BCUT2D eigenvalue weighted by atomic mass is 16.5. The lowest BCUT2D eigenvalue weighted by Gasteiger charge is -2.37. The molecule has 0 amide bonds. The van der Waals surface area contributed by atoms with Crippen molar-refractivity contribution >= 4 is 11.8 Å². The summed E-state index contributed by atoms with van der Waals surface area (Å²) in [4.78, 5) is 23.2. The molecule has 1 saturated carbocycles. The maximum Gasteiger partial charge on any atom is 0.316 e. The Kier molecular flexibility index (Phi) is 3.29. The molecule has 0 aromatic carbocycles. The highest BCUT2D eigenvalue weighted by Gasteiger charge is 2.45. The minimum absolute atomic E-state index is 0.0486. The van der Waals surface area contributed by atoms with E-state index in [0.29, 0.717) is 6.42 Å². The highest BCUT2D eigenvalue weighted by Crippen LogP contribution is 2.42. The summed E-state index contributed by atoms with van der Waals surface area (Å²) in [6.07, 6.45) is 3.21. The maximum atomic E-state index is 11.7. The third kappa shape index (κ3) is 1.81. The number of ether oxygens (including phenoxy) is 1. The van der Waals surface area contributed by atoms with E-state index in [9.17, 15) is 9.59 Å². The molecule has 1 aliphatic carbocycles. The van der Waals surface area contributed by atoms with E-state index in [1.165, 1.54) is 7.11 Å². The van der Waals surface area contributed by atoms with Crippen molar-refractivity contribution in [3.8, 4) is 0 Å². The topological polar surface area (TPSA) is 43.4 Å². The fourth-order valence-corrected chi connectivity index (χ4v) is 2.26. The molecule has 1 aliphatic rings. The van der Waals surface area contributed by atoms with Crippen molar-refractivity contribution < 1.29 is 14.3 Å². The van der Waals surface area contributed by atoms with Gasteiger partial charge in [0, 0.05) is 6.42 Å². The van der Waals surface area contributed by atoms with E-state index in [4.69, 9.17) is 4.74 Å². The van der Waals surface area contributed by atoms with Crippen molar-refractivity contribution in [2.45, 2.75) is 39.5 Å². The maximum absolute atomic E-state index is 11.7. The molecule has 3 heteroatoms. The predicted molar refractivity (Wildman–Crippen MR) is 52.8 cm³/mol.